The van der Waals surface area contributed by atoms with Crippen molar-refractivity contribution in [3.05, 3.63) is 54.1 Å². The van der Waals surface area contributed by atoms with Gasteiger partial charge in [0.2, 0.25) is 0 Å². The number of benzene rings is 1. The average molecular weight is 299 g/mol. The van der Waals surface area contributed by atoms with E-state index in [1.54, 1.807) is 0 Å². The van der Waals surface area contributed by atoms with Gasteiger partial charge in [0.05, 0.1) is 6.54 Å². The second-order valence-corrected chi connectivity index (χ2v) is 5.87. The first-order valence-corrected chi connectivity index (χ1v) is 7.58. The molecule has 5 nitrogen and oxygen atoms in total. The highest BCUT2D eigenvalue weighted by Crippen LogP contribution is 2.20. The van der Waals surface area contributed by atoms with E-state index in [4.69, 9.17) is 4.74 Å². The molecular weight excluding hydrogens is 278 g/mol. The number of ether oxygens (including phenoxy) is 1. The second kappa shape index (κ2) is 6.32. The number of nitrogens with zero attached hydrogens (tertiary/aromatic N) is 3. The molecule has 116 valence electrons. The number of hydrogen-bond acceptors (Lipinski definition) is 4. The minimum atomic E-state index is -0.170. The summed E-state index contributed by atoms with van der Waals surface area (Å²) in [6, 6.07) is 10.1. The Morgan fingerprint density at radius 1 is 1.36 bits per heavy atom. The van der Waals surface area contributed by atoms with Gasteiger partial charge in [0.25, 0.3) is 0 Å². The van der Waals surface area contributed by atoms with Crippen molar-refractivity contribution in [2.24, 2.45) is 0 Å². The van der Waals surface area contributed by atoms with Crippen LogP contribution in [0, 0.1) is 0 Å². The van der Waals surface area contributed by atoms with Crippen molar-refractivity contribution in [3.63, 3.8) is 0 Å². The molecule has 0 aliphatic carbocycles. The molecule has 0 N–H and O–H groups in total. The van der Waals surface area contributed by atoms with E-state index >= 15 is 0 Å². The van der Waals surface area contributed by atoms with Crippen molar-refractivity contribution in [1.29, 1.82) is 0 Å². The Labute approximate surface area is 130 Å². The summed E-state index contributed by atoms with van der Waals surface area (Å²) in [7, 11) is 1.95. The van der Waals surface area contributed by atoms with Gasteiger partial charge in [0, 0.05) is 25.4 Å². The first-order valence-electron chi connectivity index (χ1n) is 7.58. The van der Waals surface area contributed by atoms with E-state index in [0.717, 1.165) is 18.8 Å². The number of rotatable bonds is 5. The Morgan fingerprint density at radius 2 is 2.14 bits per heavy atom. The molecule has 3 rings (SSSR count). The molecule has 2 heterocycles. The fraction of sp³-hybridized carbons (Fsp3) is 0.412. The van der Waals surface area contributed by atoms with Crippen LogP contribution in [0.25, 0.3) is 0 Å². The van der Waals surface area contributed by atoms with Crippen LogP contribution in [-0.2, 0) is 22.6 Å². The summed E-state index contributed by atoms with van der Waals surface area (Å²) < 4.78 is 7.35. The van der Waals surface area contributed by atoms with Crippen LogP contribution in [-0.4, -0.2) is 39.6 Å². The molecule has 0 unspecified atom stereocenters. The molecule has 2 atom stereocenters. The van der Waals surface area contributed by atoms with Crippen LogP contribution in [0.15, 0.2) is 42.7 Å². The van der Waals surface area contributed by atoms with Crippen molar-refractivity contribution in [2.45, 2.75) is 38.6 Å². The minimum Gasteiger partial charge on any atom is -0.461 e. The smallest absolute Gasteiger partial charge is 0.323 e. The van der Waals surface area contributed by atoms with E-state index in [9.17, 15) is 4.79 Å². The van der Waals surface area contributed by atoms with Gasteiger partial charge >= 0.3 is 5.97 Å². The summed E-state index contributed by atoms with van der Waals surface area (Å²) in [6.45, 7) is 3.35. The number of esters is 1. The molecule has 1 aromatic carbocycles. The van der Waals surface area contributed by atoms with Gasteiger partial charge in [-0.1, -0.05) is 30.3 Å². The maximum Gasteiger partial charge on any atom is 0.323 e. The highest BCUT2D eigenvalue weighted by molar-refractivity contribution is 5.77. The zero-order chi connectivity index (χ0) is 15.5. The van der Waals surface area contributed by atoms with Gasteiger partial charge in [0.1, 0.15) is 18.0 Å². The molecule has 0 bridgehead atoms. The van der Waals surface area contributed by atoms with Crippen LogP contribution in [0.3, 0.4) is 0 Å². The summed E-state index contributed by atoms with van der Waals surface area (Å²) in [5.74, 6) is 0.829. The van der Waals surface area contributed by atoms with Crippen molar-refractivity contribution in [2.75, 3.05) is 7.05 Å². The van der Waals surface area contributed by atoms with Crippen LogP contribution in [0.4, 0.5) is 0 Å². The first kappa shape index (κ1) is 14.8. The fourth-order valence-electron chi connectivity index (χ4n) is 2.84. The van der Waals surface area contributed by atoms with Crippen molar-refractivity contribution < 1.29 is 9.53 Å². The lowest BCUT2D eigenvalue weighted by atomic mass is 10.1. The molecule has 0 spiro atoms. The Hall–Kier alpha value is -2.14. The van der Waals surface area contributed by atoms with E-state index in [1.165, 1.54) is 5.56 Å². The Balaban J connectivity index is 1.68. The standard InChI is InChI=1S/C17H21N3O2/c1-13-10-15(17(21)22-13)19(2)12-16-18-8-9-20(16)11-14-6-4-3-5-7-14/h3-9,13,15H,10-12H2,1-2H3/t13-,15-/m1/s1. The van der Waals surface area contributed by atoms with Crippen molar-refractivity contribution in [1.82, 2.24) is 14.5 Å². The lowest BCUT2D eigenvalue weighted by Crippen LogP contribution is -2.35. The van der Waals surface area contributed by atoms with Crippen molar-refractivity contribution in [3.8, 4) is 0 Å². The topological polar surface area (TPSA) is 47.4 Å². The quantitative estimate of drug-likeness (QED) is 0.793. The normalized spacial score (nSPS) is 21.3. The third-order valence-electron chi connectivity index (χ3n) is 4.06. The van der Waals surface area contributed by atoms with Gasteiger partial charge in [-0.05, 0) is 19.5 Å². The maximum atomic E-state index is 11.8. The van der Waals surface area contributed by atoms with E-state index in [1.807, 2.05) is 49.5 Å². The third-order valence-corrected chi connectivity index (χ3v) is 4.06. The van der Waals surface area contributed by atoms with Gasteiger partial charge in [-0.2, -0.15) is 0 Å². The number of aromatic nitrogens is 2. The summed E-state index contributed by atoms with van der Waals surface area (Å²) >= 11 is 0. The van der Waals surface area contributed by atoms with Gasteiger partial charge in [-0.15, -0.1) is 0 Å². The molecule has 1 fully saturated rings. The lowest BCUT2D eigenvalue weighted by molar-refractivity contribution is -0.144. The second-order valence-electron chi connectivity index (χ2n) is 5.87. The van der Waals surface area contributed by atoms with Crippen LogP contribution < -0.4 is 0 Å². The minimum absolute atomic E-state index is 0.00372. The largest absolute Gasteiger partial charge is 0.461 e. The number of imidazole rings is 1. The highest BCUT2D eigenvalue weighted by Gasteiger charge is 2.35. The number of hydrogen-bond donors (Lipinski definition) is 0. The van der Waals surface area contributed by atoms with Gasteiger partial charge in [-0.25, -0.2) is 4.98 Å². The third kappa shape index (κ3) is 3.20. The Kier molecular flexibility index (Phi) is 4.24. The summed E-state index contributed by atoms with van der Waals surface area (Å²) in [5.41, 5.74) is 1.23. The molecular formula is C17H21N3O2. The summed E-state index contributed by atoms with van der Waals surface area (Å²) in [6.07, 6.45) is 4.53. The molecule has 2 aromatic rings. The van der Waals surface area contributed by atoms with Crippen molar-refractivity contribution >= 4 is 5.97 Å². The number of carbonyl (C=O) groups is 1. The lowest BCUT2D eigenvalue weighted by Gasteiger charge is -2.21. The van der Waals surface area contributed by atoms with Crippen LogP contribution in [0.5, 0.6) is 0 Å². The molecule has 0 amide bonds. The Bertz CT molecular complexity index is 638. The van der Waals surface area contributed by atoms with E-state index in [0.29, 0.717) is 6.54 Å². The van der Waals surface area contributed by atoms with E-state index < -0.39 is 0 Å². The van der Waals surface area contributed by atoms with Crippen LogP contribution in [0.1, 0.15) is 24.7 Å². The zero-order valence-corrected chi connectivity index (χ0v) is 13.0. The van der Waals surface area contributed by atoms with E-state index in [-0.39, 0.29) is 18.1 Å². The van der Waals surface area contributed by atoms with Crippen LogP contribution >= 0.6 is 0 Å². The molecule has 0 saturated carbocycles. The van der Waals surface area contributed by atoms with E-state index in [2.05, 4.69) is 21.7 Å². The summed E-state index contributed by atoms with van der Waals surface area (Å²) in [4.78, 5) is 18.3. The number of likely N-dealkylation sites (N-methyl/N-ethyl adjacent to an activating group) is 1. The molecule has 1 aliphatic heterocycles. The molecule has 0 radical (unpaired) electrons. The molecule has 5 heteroatoms. The molecule has 1 aromatic heterocycles. The number of carbonyl (C=O) groups excluding carboxylic acids is 1. The fourth-order valence-corrected chi connectivity index (χ4v) is 2.84. The summed E-state index contributed by atoms with van der Waals surface area (Å²) in [5, 5.41) is 0. The monoisotopic (exact) mass is 299 g/mol. The Morgan fingerprint density at radius 3 is 2.82 bits per heavy atom. The zero-order valence-electron chi connectivity index (χ0n) is 13.0. The van der Waals surface area contributed by atoms with Gasteiger partial charge < -0.3 is 9.30 Å². The highest BCUT2D eigenvalue weighted by atomic mass is 16.6. The SMILES string of the molecule is C[C@@H]1C[C@@H](N(C)Cc2nccn2Cc2ccccc2)C(=O)O1. The average Bonchev–Trinajstić information content (AvgIpc) is 3.06. The van der Waals surface area contributed by atoms with Gasteiger partial charge in [0.15, 0.2) is 0 Å². The first-order chi connectivity index (χ1) is 10.6. The molecule has 1 saturated heterocycles. The predicted molar refractivity (Wildman–Crippen MR) is 83.2 cm³/mol. The predicted octanol–water partition coefficient (Wildman–Crippen LogP) is 2.07. The maximum absolute atomic E-state index is 11.8. The molecule has 1 aliphatic rings. The van der Waals surface area contributed by atoms with Crippen LogP contribution in [0.2, 0.25) is 0 Å². The number of cyclic esters (lactones) is 1. The molecule has 22 heavy (non-hydrogen) atoms. The van der Waals surface area contributed by atoms with Gasteiger partial charge in [-0.3, -0.25) is 9.69 Å².